The van der Waals surface area contributed by atoms with Crippen molar-refractivity contribution in [1.29, 1.82) is 0 Å². The third-order valence-electron chi connectivity index (χ3n) is 6.05. The van der Waals surface area contributed by atoms with E-state index >= 15 is 0 Å². The second-order valence-corrected chi connectivity index (χ2v) is 9.16. The number of ether oxygens (including phenoxy) is 2. The van der Waals surface area contributed by atoms with E-state index in [0.717, 1.165) is 24.8 Å². The summed E-state index contributed by atoms with van der Waals surface area (Å²) in [5.74, 6) is 0.816. The first kappa shape index (κ1) is 28.0. The maximum atomic E-state index is 12.3. The molecule has 5 heteroatoms. The highest BCUT2D eigenvalue weighted by Crippen LogP contribution is 2.20. The molecule has 34 heavy (non-hydrogen) atoms. The molecule has 1 aromatic heterocycles. The summed E-state index contributed by atoms with van der Waals surface area (Å²) in [7, 11) is 0. The van der Waals surface area contributed by atoms with Crippen LogP contribution in [0.2, 0.25) is 0 Å². The van der Waals surface area contributed by atoms with Crippen molar-refractivity contribution < 1.29 is 14.3 Å². The van der Waals surface area contributed by atoms with E-state index in [2.05, 4.69) is 23.8 Å². The molecule has 0 aliphatic heterocycles. The van der Waals surface area contributed by atoms with Gasteiger partial charge in [-0.2, -0.15) is 0 Å². The van der Waals surface area contributed by atoms with Crippen LogP contribution in [-0.2, 0) is 16.0 Å². The van der Waals surface area contributed by atoms with Crippen LogP contribution in [0.4, 0.5) is 0 Å². The number of aryl methyl sites for hydroxylation is 1. The zero-order valence-corrected chi connectivity index (χ0v) is 21.6. The molecule has 188 valence electrons. The number of hydrogen-bond acceptors (Lipinski definition) is 5. The Morgan fingerprint density at radius 1 is 0.794 bits per heavy atom. The first-order valence-electron chi connectivity index (χ1n) is 13.4. The van der Waals surface area contributed by atoms with Gasteiger partial charge in [0.25, 0.3) is 0 Å². The Bertz CT molecular complexity index is 790. The molecule has 1 unspecified atom stereocenters. The van der Waals surface area contributed by atoms with E-state index in [0.29, 0.717) is 18.2 Å². The van der Waals surface area contributed by atoms with Gasteiger partial charge in [0.15, 0.2) is 11.9 Å². The molecule has 5 nitrogen and oxygen atoms in total. The average molecular weight is 469 g/mol. The fourth-order valence-electron chi connectivity index (χ4n) is 3.82. The van der Waals surface area contributed by atoms with E-state index in [9.17, 15) is 4.79 Å². The average Bonchev–Trinajstić information content (AvgIpc) is 2.86. The van der Waals surface area contributed by atoms with Crippen LogP contribution < -0.4 is 4.74 Å². The molecule has 0 radical (unpaired) electrons. The molecule has 2 rings (SSSR count). The van der Waals surface area contributed by atoms with Crippen molar-refractivity contribution in [3.63, 3.8) is 0 Å². The first-order valence-corrected chi connectivity index (χ1v) is 13.4. The summed E-state index contributed by atoms with van der Waals surface area (Å²) in [5.41, 5.74) is 2.08. The molecule has 0 amide bonds. The van der Waals surface area contributed by atoms with Gasteiger partial charge in [0, 0.05) is 24.6 Å². The normalized spacial score (nSPS) is 12.0. The van der Waals surface area contributed by atoms with Crippen LogP contribution in [0.5, 0.6) is 5.75 Å². The number of unbranched alkanes of at least 4 members (excludes halogenated alkanes) is 10. The molecular formula is C29H44N2O3. The highest BCUT2D eigenvalue weighted by molar-refractivity contribution is 5.77. The highest BCUT2D eigenvalue weighted by Gasteiger charge is 2.16. The van der Waals surface area contributed by atoms with Gasteiger partial charge in [-0.3, -0.25) is 0 Å². The van der Waals surface area contributed by atoms with Crippen molar-refractivity contribution in [3.8, 4) is 17.1 Å². The van der Waals surface area contributed by atoms with E-state index < -0.39 is 6.10 Å². The molecule has 0 saturated carbocycles. The zero-order chi connectivity index (χ0) is 24.4. The van der Waals surface area contributed by atoms with Crippen LogP contribution in [0.1, 0.15) is 103 Å². The largest absolute Gasteiger partial charge is 0.425 e. The summed E-state index contributed by atoms with van der Waals surface area (Å²) < 4.78 is 11.1. The van der Waals surface area contributed by atoms with Crippen molar-refractivity contribution in [3.05, 3.63) is 42.2 Å². The van der Waals surface area contributed by atoms with Gasteiger partial charge in [-0.1, -0.05) is 78.1 Å². The number of carbonyl (C=O) groups excluding carboxylic acids is 1. The Morgan fingerprint density at radius 3 is 1.97 bits per heavy atom. The zero-order valence-electron chi connectivity index (χ0n) is 21.6. The Morgan fingerprint density at radius 2 is 1.35 bits per heavy atom. The Balaban J connectivity index is 1.71. The van der Waals surface area contributed by atoms with Gasteiger partial charge in [0.2, 0.25) is 0 Å². The van der Waals surface area contributed by atoms with Crippen LogP contribution in [0.15, 0.2) is 36.7 Å². The van der Waals surface area contributed by atoms with E-state index in [4.69, 9.17) is 9.47 Å². The number of carbonyl (C=O) groups is 1. The molecule has 0 N–H and O–H groups in total. The number of nitrogens with zero attached hydrogens (tertiary/aromatic N) is 2. The van der Waals surface area contributed by atoms with E-state index in [1.165, 1.54) is 69.8 Å². The van der Waals surface area contributed by atoms with Crippen LogP contribution in [0, 0.1) is 0 Å². The number of esters is 1. The van der Waals surface area contributed by atoms with Crippen molar-refractivity contribution >= 4 is 5.97 Å². The highest BCUT2D eigenvalue weighted by atomic mass is 16.6. The summed E-state index contributed by atoms with van der Waals surface area (Å²) in [4.78, 5) is 21.3. The third-order valence-corrected chi connectivity index (χ3v) is 6.05. The summed E-state index contributed by atoms with van der Waals surface area (Å²) in [5, 5.41) is 0. The standard InChI is InChI=1S/C29H44N2O3/c1-4-6-8-10-11-12-14-16-25-22-30-28(31-23-25)26-17-19-27(20-18-26)34-29(32)24(3)33-21-15-13-9-7-5-2/h17-20,22-24H,4-16,21H2,1-3H3. The number of benzene rings is 1. The SMILES string of the molecule is CCCCCCCCCc1cnc(-c2ccc(OC(=O)C(C)OCCCCCCC)cc2)nc1. The van der Waals surface area contributed by atoms with Gasteiger partial charge >= 0.3 is 5.97 Å². The van der Waals surface area contributed by atoms with E-state index in [1.54, 1.807) is 19.1 Å². The molecule has 1 atom stereocenters. The van der Waals surface area contributed by atoms with Crippen molar-refractivity contribution in [2.24, 2.45) is 0 Å². The van der Waals surface area contributed by atoms with Gasteiger partial charge in [-0.25, -0.2) is 14.8 Å². The minimum atomic E-state index is -0.571. The Hall–Kier alpha value is -2.27. The fourth-order valence-corrected chi connectivity index (χ4v) is 3.82. The molecule has 1 heterocycles. The molecule has 0 fully saturated rings. The number of aromatic nitrogens is 2. The maximum Gasteiger partial charge on any atom is 0.340 e. The molecule has 1 aromatic carbocycles. The molecule has 0 aliphatic carbocycles. The van der Waals surface area contributed by atoms with E-state index in [1.807, 2.05) is 24.5 Å². The van der Waals surface area contributed by atoms with Gasteiger partial charge in [-0.15, -0.1) is 0 Å². The van der Waals surface area contributed by atoms with Crippen molar-refractivity contribution in [2.75, 3.05) is 6.61 Å². The lowest BCUT2D eigenvalue weighted by atomic mass is 10.1. The predicted octanol–water partition coefficient (Wildman–Crippen LogP) is 7.72. The maximum absolute atomic E-state index is 12.3. The molecular weight excluding hydrogens is 424 g/mol. The quantitative estimate of drug-likeness (QED) is 0.127. The van der Waals surface area contributed by atoms with Crippen molar-refractivity contribution in [1.82, 2.24) is 9.97 Å². The fraction of sp³-hybridized carbons (Fsp3) is 0.621. The topological polar surface area (TPSA) is 61.3 Å². The first-order chi connectivity index (χ1) is 16.6. The smallest absolute Gasteiger partial charge is 0.340 e. The van der Waals surface area contributed by atoms with Crippen molar-refractivity contribution in [2.45, 2.75) is 110 Å². The van der Waals surface area contributed by atoms with Crippen LogP contribution in [0.25, 0.3) is 11.4 Å². The molecule has 0 aliphatic rings. The lowest BCUT2D eigenvalue weighted by molar-refractivity contribution is -0.146. The lowest BCUT2D eigenvalue weighted by Gasteiger charge is -2.12. The van der Waals surface area contributed by atoms with Gasteiger partial charge in [0.1, 0.15) is 5.75 Å². The minimum Gasteiger partial charge on any atom is -0.425 e. The predicted molar refractivity (Wildman–Crippen MR) is 139 cm³/mol. The van der Waals surface area contributed by atoms with Crippen LogP contribution in [-0.4, -0.2) is 28.6 Å². The Kier molecular flexibility index (Phi) is 14.2. The number of hydrogen-bond donors (Lipinski definition) is 0. The summed E-state index contributed by atoms with van der Waals surface area (Å²) in [6, 6.07) is 7.32. The third kappa shape index (κ3) is 11.2. The molecule has 2 aromatic rings. The lowest BCUT2D eigenvalue weighted by Crippen LogP contribution is -2.26. The van der Waals surface area contributed by atoms with Gasteiger partial charge in [-0.05, 0) is 56.0 Å². The minimum absolute atomic E-state index is 0.368. The molecule has 0 saturated heterocycles. The van der Waals surface area contributed by atoms with E-state index in [-0.39, 0.29) is 5.97 Å². The van der Waals surface area contributed by atoms with Gasteiger partial charge in [0.05, 0.1) is 0 Å². The monoisotopic (exact) mass is 468 g/mol. The summed E-state index contributed by atoms with van der Waals surface area (Å²) in [6.45, 7) is 6.78. The number of rotatable bonds is 18. The summed E-state index contributed by atoms with van der Waals surface area (Å²) >= 11 is 0. The summed E-state index contributed by atoms with van der Waals surface area (Å²) in [6.07, 6.45) is 19.3. The van der Waals surface area contributed by atoms with Crippen LogP contribution >= 0.6 is 0 Å². The Labute approximate surface area is 206 Å². The van der Waals surface area contributed by atoms with Crippen LogP contribution in [0.3, 0.4) is 0 Å². The molecule has 0 spiro atoms. The second-order valence-electron chi connectivity index (χ2n) is 9.16. The van der Waals surface area contributed by atoms with Gasteiger partial charge < -0.3 is 9.47 Å². The second kappa shape index (κ2) is 17.2. The molecule has 0 bridgehead atoms.